The number of benzene rings is 1. The molecule has 0 bridgehead atoms. The summed E-state index contributed by atoms with van der Waals surface area (Å²) < 4.78 is 5.28. The fourth-order valence-corrected chi connectivity index (χ4v) is 4.22. The van der Waals surface area contributed by atoms with Gasteiger partial charge >= 0.3 is 5.96 Å². The van der Waals surface area contributed by atoms with Gasteiger partial charge in [-0.15, -0.1) is 0 Å². The van der Waals surface area contributed by atoms with Gasteiger partial charge in [0.2, 0.25) is 5.82 Å². The number of aliphatic hydroxyl groups is 1. The van der Waals surface area contributed by atoms with Crippen LogP contribution in [-0.2, 0) is 0 Å². The Labute approximate surface area is 198 Å². The van der Waals surface area contributed by atoms with E-state index in [0.717, 1.165) is 44.3 Å². The van der Waals surface area contributed by atoms with Crippen LogP contribution in [-0.4, -0.2) is 60.0 Å². The van der Waals surface area contributed by atoms with E-state index in [1.807, 2.05) is 30.3 Å². The number of rotatable bonds is 8. The van der Waals surface area contributed by atoms with Crippen molar-refractivity contribution in [1.82, 2.24) is 4.90 Å². The number of nitrogens with one attached hydrogen (secondary N) is 1. The Morgan fingerprint density at radius 2 is 2.03 bits per heavy atom. The molecule has 1 fully saturated rings. The van der Waals surface area contributed by atoms with Gasteiger partial charge in [-0.25, -0.2) is 5.32 Å². The smallest absolute Gasteiger partial charge is 0.304 e. The van der Waals surface area contributed by atoms with Gasteiger partial charge < -0.3 is 31.3 Å². The number of nitrogens with two attached hydrogens (primary N) is 3. The first-order valence-corrected chi connectivity index (χ1v) is 11.4. The van der Waals surface area contributed by atoms with E-state index >= 15 is 0 Å². The number of piperidine rings is 1. The van der Waals surface area contributed by atoms with Gasteiger partial charge in [0.1, 0.15) is 5.57 Å². The van der Waals surface area contributed by atoms with E-state index < -0.39 is 6.10 Å². The Morgan fingerprint density at radius 1 is 1.26 bits per heavy atom. The maximum atomic E-state index is 10.7. The summed E-state index contributed by atoms with van der Waals surface area (Å²) in [5.74, 6) is 1.93. The molecule has 0 radical (unpaired) electrons. The Hall–Kier alpha value is -3.60. The van der Waals surface area contributed by atoms with Crippen LogP contribution in [0.2, 0.25) is 0 Å². The molecular weight excluding hydrogens is 432 g/mol. The van der Waals surface area contributed by atoms with Crippen molar-refractivity contribution in [3.8, 4) is 0 Å². The number of guanidine groups is 1. The molecule has 178 valence electrons. The number of amidine groups is 2. The highest BCUT2D eigenvalue weighted by Gasteiger charge is 2.27. The van der Waals surface area contributed by atoms with E-state index in [0.29, 0.717) is 29.5 Å². The van der Waals surface area contributed by atoms with Crippen LogP contribution >= 0.6 is 0 Å². The van der Waals surface area contributed by atoms with Gasteiger partial charge in [0.05, 0.1) is 18.9 Å². The molecule has 2 aliphatic rings. The molecule has 10 nitrogen and oxygen atoms in total. The first-order valence-electron chi connectivity index (χ1n) is 11.4. The number of quaternary nitrogens is 1. The van der Waals surface area contributed by atoms with Crippen LogP contribution in [0.3, 0.4) is 0 Å². The molecule has 0 amide bonds. The number of hydrogen-bond donors (Lipinski definition) is 5. The molecule has 0 aliphatic carbocycles. The molecule has 1 atom stereocenters. The van der Waals surface area contributed by atoms with Crippen LogP contribution in [0, 0.1) is 11.3 Å². The summed E-state index contributed by atoms with van der Waals surface area (Å²) in [7, 11) is 0. The number of nitrogens with zero attached hydrogens (tertiary/aromatic N) is 4. The van der Waals surface area contributed by atoms with Crippen molar-refractivity contribution in [2.24, 2.45) is 32.4 Å². The van der Waals surface area contributed by atoms with Crippen molar-refractivity contribution in [3.63, 3.8) is 0 Å². The quantitative estimate of drug-likeness (QED) is 0.285. The van der Waals surface area contributed by atoms with Gasteiger partial charge in [-0.05, 0) is 49.5 Å². The van der Waals surface area contributed by atoms with Crippen molar-refractivity contribution in [3.05, 3.63) is 71.4 Å². The molecule has 2 aromatic rings. The van der Waals surface area contributed by atoms with Crippen LogP contribution in [0.4, 0.5) is 0 Å². The second-order valence-corrected chi connectivity index (χ2v) is 8.34. The van der Waals surface area contributed by atoms with Crippen molar-refractivity contribution in [2.75, 3.05) is 26.2 Å². The van der Waals surface area contributed by atoms with E-state index in [1.165, 1.54) is 6.26 Å². The molecule has 1 unspecified atom stereocenters. The lowest BCUT2D eigenvalue weighted by atomic mass is 9.87. The zero-order valence-electron chi connectivity index (χ0n) is 19.0. The van der Waals surface area contributed by atoms with Gasteiger partial charge in [0.25, 0.3) is 0 Å². The van der Waals surface area contributed by atoms with Gasteiger partial charge in [0.15, 0.2) is 17.4 Å². The number of furan rings is 1. The van der Waals surface area contributed by atoms with Crippen LogP contribution < -0.4 is 16.8 Å². The van der Waals surface area contributed by atoms with Gasteiger partial charge in [-0.2, -0.15) is 9.98 Å². The molecule has 1 aromatic heterocycles. The van der Waals surface area contributed by atoms with Crippen molar-refractivity contribution < 1.29 is 14.8 Å². The Balaban J connectivity index is 1.36. The minimum Gasteiger partial charge on any atom is -0.461 e. The molecule has 10 heteroatoms. The summed E-state index contributed by atoms with van der Waals surface area (Å²) in [6, 6.07) is 13.3. The molecule has 4 rings (SSSR count). The Morgan fingerprint density at radius 3 is 2.71 bits per heavy atom. The zero-order valence-corrected chi connectivity index (χ0v) is 19.0. The molecule has 1 aromatic carbocycles. The van der Waals surface area contributed by atoms with Crippen molar-refractivity contribution >= 4 is 23.8 Å². The highest BCUT2D eigenvalue weighted by molar-refractivity contribution is 6.18. The lowest BCUT2D eigenvalue weighted by Gasteiger charge is -2.34. The second kappa shape index (κ2) is 11.0. The fraction of sp³-hybridized carbons (Fsp3) is 0.333. The summed E-state index contributed by atoms with van der Waals surface area (Å²) >= 11 is 0. The minimum absolute atomic E-state index is 0.185. The summed E-state index contributed by atoms with van der Waals surface area (Å²) in [5.41, 5.74) is 13.4. The monoisotopic (exact) mass is 463 g/mol. The minimum atomic E-state index is -0.424. The van der Waals surface area contributed by atoms with Crippen LogP contribution in [0.25, 0.3) is 0 Å². The first kappa shape index (κ1) is 23.6. The zero-order chi connectivity index (χ0) is 23.9. The third kappa shape index (κ3) is 5.66. The van der Waals surface area contributed by atoms with Crippen LogP contribution in [0.15, 0.2) is 79.5 Å². The van der Waals surface area contributed by atoms with Crippen LogP contribution in [0.5, 0.6) is 0 Å². The summed E-state index contributed by atoms with van der Waals surface area (Å²) in [5, 5.41) is 20.1. The standard InChI is InChI=1S/C24H30N8O2/c25-15-18-22(30-24(27)31-23(18)29-21(26)19-7-4-14-34-19)28-10-13-32-11-8-17(9-12-32)20(33)16-5-2-1-3-6-16/h1-7,14-15,17,20,25,33H,8-13H2,(H5,26,27,28,29,30,31)/p+1. The Bertz CT molecular complexity index is 1100. The van der Waals surface area contributed by atoms with E-state index in [-0.39, 0.29) is 17.7 Å². The fourth-order valence-electron chi connectivity index (χ4n) is 4.22. The van der Waals surface area contributed by atoms with E-state index in [9.17, 15) is 5.11 Å². The highest BCUT2D eigenvalue weighted by Crippen LogP contribution is 2.30. The first-order chi connectivity index (χ1) is 16.5. The number of aliphatic imine (C=N–C) groups is 3. The molecule has 3 heterocycles. The predicted octanol–water partition coefficient (Wildman–Crippen LogP) is 0.582. The lowest BCUT2D eigenvalue weighted by Crippen LogP contribution is -2.90. The number of hydrogen-bond acceptors (Lipinski definition) is 7. The average Bonchev–Trinajstić information content (AvgIpc) is 3.40. The lowest BCUT2D eigenvalue weighted by molar-refractivity contribution is -0.488. The third-order valence-corrected chi connectivity index (χ3v) is 6.09. The molecule has 0 saturated carbocycles. The molecule has 2 aliphatic heterocycles. The molecular formula is C24H31N8O2+. The molecule has 34 heavy (non-hydrogen) atoms. The van der Waals surface area contributed by atoms with E-state index in [1.54, 1.807) is 17.4 Å². The van der Waals surface area contributed by atoms with Gasteiger partial charge in [-0.3, -0.25) is 4.99 Å². The third-order valence-electron chi connectivity index (χ3n) is 6.09. The summed E-state index contributed by atoms with van der Waals surface area (Å²) in [4.78, 5) is 15.6. The molecule has 0 spiro atoms. The van der Waals surface area contributed by atoms with Crippen LogP contribution in [0.1, 0.15) is 30.3 Å². The van der Waals surface area contributed by atoms with Crippen molar-refractivity contribution in [1.29, 1.82) is 5.41 Å². The topological polar surface area (TPSA) is 166 Å². The largest absolute Gasteiger partial charge is 0.461 e. The number of aliphatic hydroxyl groups excluding tert-OH is 1. The number of likely N-dealkylation sites (tertiary alicyclic amines) is 1. The predicted molar refractivity (Wildman–Crippen MR) is 132 cm³/mol. The maximum absolute atomic E-state index is 10.7. The molecule has 8 N–H and O–H groups in total. The van der Waals surface area contributed by atoms with E-state index in [4.69, 9.17) is 21.3 Å². The van der Waals surface area contributed by atoms with Gasteiger partial charge in [-0.1, -0.05) is 30.3 Å². The maximum Gasteiger partial charge on any atom is 0.304 e. The molecule has 1 saturated heterocycles. The second-order valence-electron chi connectivity index (χ2n) is 8.34. The Kier molecular flexibility index (Phi) is 7.63. The SMILES string of the molecule is N=CC1=C(N=C(N)c2ccco2)[NH2+]C(N)=NC1=NCCN1CCC(C(O)c2ccccc2)CC1. The normalized spacial score (nSPS) is 20.4. The average molecular weight is 464 g/mol. The summed E-state index contributed by atoms with van der Waals surface area (Å²) in [6.45, 7) is 3.08. The summed E-state index contributed by atoms with van der Waals surface area (Å²) in [6.07, 6.45) is 4.12. The highest BCUT2D eigenvalue weighted by atomic mass is 16.3. The van der Waals surface area contributed by atoms with Gasteiger partial charge in [0, 0.05) is 12.8 Å². The van der Waals surface area contributed by atoms with Crippen molar-refractivity contribution in [2.45, 2.75) is 18.9 Å². The van der Waals surface area contributed by atoms with E-state index in [2.05, 4.69) is 19.9 Å².